The fourth-order valence-electron chi connectivity index (χ4n) is 4.53. The van der Waals surface area contributed by atoms with Crippen LogP contribution in [0.1, 0.15) is 78.1 Å². The molecule has 0 radical (unpaired) electrons. The highest BCUT2D eigenvalue weighted by atomic mass is 15.1. The van der Waals surface area contributed by atoms with E-state index in [0.29, 0.717) is 0 Å². The summed E-state index contributed by atoms with van der Waals surface area (Å²) >= 11 is 0. The van der Waals surface area contributed by atoms with E-state index in [4.69, 9.17) is 0 Å². The Morgan fingerprint density at radius 3 is 2.43 bits per heavy atom. The minimum Gasteiger partial charge on any atom is -0.314 e. The van der Waals surface area contributed by atoms with Gasteiger partial charge in [-0.15, -0.1) is 0 Å². The summed E-state index contributed by atoms with van der Waals surface area (Å²) in [6, 6.07) is 1.69. The molecule has 2 aliphatic carbocycles. The Bertz CT molecular complexity index is 271. The van der Waals surface area contributed by atoms with Gasteiger partial charge in [0.1, 0.15) is 0 Å². The van der Waals surface area contributed by atoms with Crippen molar-refractivity contribution in [1.82, 2.24) is 10.2 Å². The van der Waals surface area contributed by atoms with Crippen molar-refractivity contribution in [3.63, 3.8) is 0 Å². The molecular weight excluding hydrogens is 256 g/mol. The first-order chi connectivity index (χ1) is 10.2. The zero-order valence-electron chi connectivity index (χ0n) is 14.7. The van der Waals surface area contributed by atoms with Crippen LogP contribution >= 0.6 is 0 Å². The van der Waals surface area contributed by atoms with Gasteiger partial charge in [-0.1, -0.05) is 26.7 Å². The van der Waals surface area contributed by atoms with Crippen LogP contribution in [-0.4, -0.2) is 37.1 Å². The summed E-state index contributed by atoms with van der Waals surface area (Å²) < 4.78 is 0. The topological polar surface area (TPSA) is 15.3 Å². The van der Waals surface area contributed by atoms with E-state index in [1.54, 1.807) is 0 Å². The van der Waals surface area contributed by atoms with Crippen LogP contribution < -0.4 is 5.32 Å². The van der Waals surface area contributed by atoms with Crippen LogP contribution in [0.2, 0.25) is 0 Å². The first-order valence-corrected chi connectivity index (χ1v) is 9.68. The first kappa shape index (κ1) is 17.3. The summed E-state index contributed by atoms with van der Waals surface area (Å²) in [4.78, 5) is 2.68. The van der Waals surface area contributed by atoms with E-state index in [-0.39, 0.29) is 0 Å². The molecule has 0 aromatic heterocycles. The third kappa shape index (κ3) is 5.25. The van der Waals surface area contributed by atoms with E-state index in [1.807, 2.05) is 0 Å². The lowest BCUT2D eigenvalue weighted by Crippen LogP contribution is -2.38. The Morgan fingerprint density at radius 1 is 1.00 bits per heavy atom. The molecule has 1 N–H and O–H groups in total. The second-order valence-electron chi connectivity index (χ2n) is 7.60. The molecule has 0 aromatic rings. The molecule has 2 rings (SSSR count). The summed E-state index contributed by atoms with van der Waals surface area (Å²) in [5, 5.41) is 3.78. The van der Waals surface area contributed by atoms with Gasteiger partial charge in [-0.2, -0.15) is 0 Å². The molecule has 0 spiro atoms. The Kier molecular flexibility index (Phi) is 7.53. The third-order valence-electron chi connectivity index (χ3n) is 6.19. The zero-order valence-corrected chi connectivity index (χ0v) is 14.7. The Hall–Kier alpha value is -0.0800. The predicted octanol–water partition coefficient (Wildman–Crippen LogP) is 4.45. The van der Waals surface area contributed by atoms with Crippen molar-refractivity contribution >= 4 is 0 Å². The molecule has 2 fully saturated rings. The van der Waals surface area contributed by atoms with Crippen molar-refractivity contribution in [3.8, 4) is 0 Å². The molecule has 0 aromatic carbocycles. The maximum Gasteiger partial charge on any atom is 0.00958 e. The van der Waals surface area contributed by atoms with E-state index in [9.17, 15) is 0 Å². The van der Waals surface area contributed by atoms with Crippen LogP contribution in [0.4, 0.5) is 0 Å². The summed E-state index contributed by atoms with van der Waals surface area (Å²) in [6.45, 7) is 7.16. The lowest BCUT2D eigenvalue weighted by Gasteiger charge is -2.35. The average molecular weight is 295 g/mol. The first-order valence-electron chi connectivity index (χ1n) is 9.68. The van der Waals surface area contributed by atoms with Crippen molar-refractivity contribution in [2.45, 2.75) is 90.1 Å². The van der Waals surface area contributed by atoms with E-state index < -0.39 is 0 Å². The highest BCUT2D eigenvalue weighted by Gasteiger charge is 2.28. The molecule has 0 amide bonds. The quantitative estimate of drug-likeness (QED) is 0.711. The van der Waals surface area contributed by atoms with Crippen LogP contribution in [0.15, 0.2) is 0 Å². The van der Waals surface area contributed by atoms with Crippen LogP contribution in [-0.2, 0) is 0 Å². The zero-order chi connectivity index (χ0) is 15.1. The molecule has 2 atom stereocenters. The van der Waals surface area contributed by atoms with Crippen LogP contribution in [0, 0.1) is 11.8 Å². The molecule has 124 valence electrons. The maximum absolute atomic E-state index is 3.78. The molecular formula is C19H38N2. The molecule has 0 heterocycles. The third-order valence-corrected chi connectivity index (χ3v) is 6.19. The maximum atomic E-state index is 3.78. The Morgan fingerprint density at radius 2 is 1.76 bits per heavy atom. The summed E-state index contributed by atoms with van der Waals surface area (Å²) in [6.07, 6.45) is 14.2. The van der Waals surface area contributed by atoms with Gasteiger partial charge >= 0.3 is 0 Å². The van der Waals surface area contributed by atoms with Crippen molar-refractivity contribution in [2.75, 3.05) is 20.1 Å². The van der Waals surface area contributed by atoms with Gasteiger partial charge in [-0.25, -0.2) is 0 Å². The van der Waals surface area contributed by atoms with Crippen molar-refractivity contribution in [1.29, 1.82) is 0 Å². The number of nitrogens with zero attached hydrogens (tertiary/aromatic N) is 1. The molecule has 2 nitrogen and oxygen atoms in total. The predicted molar refractivity (Wildman–Crippen MR) is 92.7 cm³/mol. The van der Waals surface area contributed by atoms with Gasteiger partial charge < -0.3 is 10.2 Å². The summed E-state index contributed by atoms with van der Waals surface area (Å²) in [5.74, 6) is 1.96. The molecule has 0 aliphatic heterocycles. The number of rotatable bonds is 8. The van der Waals surface area contributed by atoms with Crippen molar-refractivity contribution in [2.24, 2.45) is 11.8 Å². The van der Waals surface area contributed by atoms with E-state index in [0.717, 1.165) is 23.9 Å². The second kappa shape index (κ2) is 9.15. The highest BCUT2D eigenvalue weighted by Crippen LogP contribution is 2.31. The van der Waals surface area contributed by atoms with Crippen molar-refractivity contribution < 1.29 is 0 Å². The Balaban J connectivity index is 1.67. The van der Waals surface area contributed by atoms with Gasteiger partial charge in [-0.05, 0) is 83.3 Å². The normalized spacial score (nSPS) is 33.7. The minimum absolute atomic E-state index is 0.814. The minimum atomic E-state index is 0.814. The monoisotopic (exact) mass is 294 g/mol. The van der Waals surface area contributed by atoms with E-state index >= 15 is 0 Å². The molecule has 0 bridgehead atoms. The number of nitrogens with one attached hydrogen (secondary N) is 1. The standard InChI is InChI=1S/C19H38N2/c1-4-14-20-19-8-6-7-17(19)13-15-21(3)18-11-9-16(5-2)10-12-18/h16-20H,4-15H2,1-3H3. The smallest absolute Gasteiger partial charge is 0.00958 e. The van der Waals surface area contributed by atoms with E-state index in [2.05, 4.69) is 31.1 Å². The fraction of sp³-hybridized carbons (Fsp3) is 1.00. The van der Waals surface area contributed by atoms with Gasteiger partial charge in [0.2, 0.25) is 0 Å². The van der Waals surface area contributed by atoms with Crippen LogP contribution in [0.3, 0.4) is 0 Å². The summed E-state index contributed by atoms with van der Waals surface area (Å²) in [7, 11) is 2.38. The molecule has 0 saturated heterocycles. The lowest BCUT2D eigenvalue weighted by molar-refractivity contribution is 0.153. The highest BCUT2D eigenvalue weighted by molar-refractivity contribution is 4.85. The largest absolute Gasteiger partial charge is 0.314 e. The molecule has 2 saturated carbocycles. The van der Waals surface area contributed by atoms with Crippen molar-refractivity contribution in [3.05, 3.63) is 0 Å². The van der Waals surface area contributed by atoms with Gasteiger partial charge in [0.05, 0.1) is 0 Å². The van der Waals surface area contributed by atoms with Gasteiger partial charge in [0.25, 0.3) is 0 Å². The second-order valence-corrected chi connectivity index (χ2v) is 7.60. The molecule has 2 aliphatic rings. The Labute approximate surface area is 133 Å². The molecule has 21 heavy (non-hydrogen) atoms. The van der Waals surface area contributed by atoms with Crippen LogP contribution in [0.5, 0.6) is 0 Å². The number of hydrogen-bond donors (Lipinski definition) is 1. The van der Waals surface area contributed by atoms with Gasteiger partial charge in [-0.3, -0.25) is 0 Å². The fourth-order valence-corrected chi connectivity index (χ4v) is 4.53. The van der Waals surface area contributed by atoms with Gasteiger partial charge in [0.15, 0.2) is 0 Å². The van der Waals surface area contributed by atoms with Crippen LogP contribution in [0.25, 0.3) is 0 Å². The number of hydrogen-bond acceptors (Lipinski definition) is 2. The molecule has 2 heteroatoms. The van der Waals surface area contributed by atoms with Gasteiger partial charge in [0, 0.05) is 12.1 Å². The lowest BCUT2D eigenvalue weighted by atomic mass is 9.84. The van der Waals surface area contributed by atoms with E-state index in [1.165, 1.54) is 77.3 Å². The SMILES string of the molecule is CCCNC1CCCC1CCN(C)C1CCC(CC)CC1. The average Bonchev–Trinajstić information content (AvgIpc) is 2.98. The molecule has 2 unspecified atom stereocenters. The summed E-state index contributed by atoms with van der Waals surface area (Å²) in [5.41, 5.74) is 0.